The Morgan fingerprint density at radius 3 is 1.93 bits per heavy atom. The molecule has 0 spiro atoms. The smallest absolute Gasteiger partial charge is 0.108 e. The van der Waals surface area contributed by atoms with Crippen molar-refractivity contribution in [3.63, 3.8) is 0 Å². The molecule has 146 valence electrons. The van der Waals surface area contributed by atoms with Crippen molar-refractivity contribution in [3.8, 4) is 0 Å². The maximum absolute atomic E-state index is 6.45. The molecule has 0 N–H and O–H groups in total. The quantitative estimate of drug-likeness (QED) is 0.548. The number of hydrogen-bond acceptors (Lipinski definition) is 3. The van der Waals surface area contributed by atoms with Crippen molar-refractivity contribution in [1.29, 1.82) is 0 Å². The monoisotopic (exact) mass is 374 g/mol. The van der Waals surface area contributed by atoms with Gasteiger partial charge in [0.2, 0.25) is 0 Å². The summed E-state index contributed by atoms with van der Waals surface area (Å²) < 4.78 is 6.45. The van der Waals surface area contributed by atoms with E-state index in [0.717, 1.165) is 0 Å². The highest BCUT2D eigenvalue weighted by molar-refractivity contribution is 5.52. The predicted octanol–water partition coefficient (Wildman–Crippen LogP) is 5.43. The van der Waals surface area contributed by atoms with Gasteiger partial charge in [-0.1, -0.05) is 48.5 Å². The van der Waals surface area contributed by atoms with Crippen LogP contribution in [0.5, 0.6) is 0 Å². The van der Waals surface area contributed by atoms with Gasteiger partial charge in [0.15, 0.2) is 0 Å². The second-order valence-electron chi connectivity index (χ2n) is 7.60. The average Bonchev–Trinajstić information content (AvgIpc) is 2.70. The fourth-order valence-corrected chi connectivity index (χ4v) is 3.30. The number of nitrogens with zero attached hydrogens (tertiary/aromatic N) is 2. The third-order valence-corrected chi connectivity index (χ3v) is 5.02. The summed E-state index contributed by atoms with van der Waals surface area (Å²) in [6, 6.07) is 25.6. The number of hydrogen-bond donors (Lipinski definition) is 0. The SMILES string of the molecule is Cc1cc(N(C)C)ccc1C(OCc1ccccc1)c1ccc(N(C)C)cc1. The van der Waals surface area contributed by atoms with Crippen LogP contribution in [0.4, 0.5) is 11.4 Å². The molecule has 0 saturated heterocycles. The topological polar surface area (TPSA) is 15.7 Å². The molecule has 0 aliphatic heterocycles. The van der Waals surface area contributed by atoms with E-state index in [4.69, 9.17) is 4.74 Å². The molecule has 3 aromatic rings. The van der Waals surface area contributed by atoms with E-state index in [2.05, 4.69) is 112 Å². The van der Waals surface area contributed by atoms with Gasteiger partial charge < -0.3 is 14.5 Å². The van der Waals surface area contributed by atoms with Gasteiger partial charge >= 0.3 is 0 Å². The summed E-state index contributed by atoms with van der Waals surface area (Å²) >= 11 is 0. The van der Waals surface area contributed by atoms with Crippen LogP contribution in [0.3, 0.4) is 0 Å². The van der Waals surface area contributed by atoms with Gasteiger partial charge in [0.05, 0.1) is 6.61 Å². The highest BCUT2D eigenvalue weighted by atomic mass is 16.5. The number of aryl methyl sites for hydroxylation is 1. The normalized spacial score (nSPS) is 11.9. The number of anilines is 2. The Kier molecular flexibility index (Phi) is 6.37. The minimum atomic E-state index is -0.104. The zero-order valence-electron chi connectivity index (χ0n) is 17.5. The van der Waals surface area contributed by atoms with Gasteiger partial charge in [-0.25, -0.2) is 0 Å². The first kappa shape index (κ1) is 20.0. The van der Waals surface area contributed by atoms with Crippen molar-refractivity contribution >= 4 is 11.4 Å². The van der Waals surface area contributed by atoms with Crippen molar-refractivity contribution in [2.75, 3.05) is 38.0 Å². The maximum Gasteiger partial charge on any atom is 0.108 e. The lowest BCUT2D eigenvalue weighted by molar-refractivity contribution is 0.0663. The lowest BCUT2D eigenvalue weighted by Crippen LogP contribution is -2.12. The van der Waals surface area contributed by atoms with Crippen LogP contribution in [-0.2, 0) is 11.3 Å². The summed E-state index contributed by atoms with van der Waals surface area (Å²) in [5, 5.41) is 0. The lowest BCUT2D eigenvalue weighted by atomic mass is 9.96. The highest BCUT2D eigenvalue weighted by Gasteiger charge is 2.18. The Morgan fingerprint density at radius 1 is 0.750 bits per heavy atom. The van der Waals surface area contributed by atoms with E-state index in [9.17, 15) is 0 Å². The van der Waals surface area contributed by atoms with Gasteiger partial charge in [-0.15, -0.1) is 0 Å². The Morgan fingerprint density at radius 2 is 1.36 bits per heavy atom. The van der Waals surface area contributed by atoms with Crippen molar-refractivity contribution in [2.24, 2.45) is 0 Å². The molecule has 3 aromatic carbocycles. The van der Waals surface area contributed by atoms with E-state index in [0.29, 0.717) is 6.61 Å². The van der Waals surface area contributed by atoms with Crippen LogP contribution in [0, 0.1) is 6.92 Å². The second-order valence-corrected chi connectivity index (χ2v) is 7.60. The van der Waals surface area contributed by atoms with Gasteiger partial charge in [-0.2, -0.15) is 0 Å². The van der Waals surface area contributed by atoms with Gasteiger partial charge in [0.25, 0.3) is 0 Å². The van der Waals surface area contributed by atoms with Gasteiger partial charge in [-0.3, -0.25) is 0 Å². The van der Waals surface area contributed by atoms with Crippen LogP contribution >= 0.6 is 0 Å². The molecule has 1 unspecified atom stereocenters. The number of benzene rings is 3. The van der Waals surface area contributed by atoms with Crippen LogP contribution in [0.15, 0.2) is 72.8 Å². The molecule has 0 aliphatic carbocycles. The van der Waals surface area contributed by atoms with E-state index in [1.165, 1.54) is 33.6 Å². The summed E-state index contributed by atoms with van der Waals surface area (Å²) in [6.45, 7) is 2.74. The van der Waals surface area contributed by atoms with Crippen LogP contribution in [0.2, 0.25) is 0 Å². The second kappa shape index (κ2) is 8.94. The van der Waals surface area contributed by atoms with Gasteiger partial charge in [0, 0.05) is 39.6 Å². The largest absolute Gasteiger partial charge is 0.378 e. The first-order valence-electron chi connectivity index (χ1n) is 9.66. The van der Waals surface area contributed by atoms with E-state index in [1.54, 1.807) is 0 Å². The zero-order chi connectivity index (χ0) is 20.1. The Bertz CT molecular complexity index is 886. The Balaban J connectivity index is 1.94. The predicted molar refractivity (Wildman–Crippen MR) is 119 cm³/mol. The van der Waals surface area contributed by atoms with Crippen LogP contribution in [0.1, 0.15) is 28.4 Å². The molecule has 3 heteroatoms. The molecule has 1 atom stereocenters. The molecule has 0 bridgehead atoms. The summed E-state index contributed by atoms with van der Waals surface area (Å²) in [5.74, 6) is 0. The van der Waals surface area contributed by atoms with Gasteiger partial charge in [-0.05, 0) is 53.4 Å². The first-order valence-corrected chi connectivity index (χ1v) is 9.66. The summed E-state index contributed by atoms with van der Waals surface area (Å²) in [6.07, 6.45) is -0.104. The van der Waals surface area contributed by atoms with Crippen molar-refractivity contribution in [1.82, 2.24) is 0 Å². The first-order chi connectivity index (χ1) is 13.5. The van der Waals surface area contributed by atoms with Crippen LogP contribution in [0.25, 0.3) is 0 Å². The van der Waals surface area contributed by atoms with Crippen molar-refractivity contribution in [2.45, 2.75) is 19.6 Å². The van der Waals surface area contributed by atoms with Crippen molar-refractivity contribution < 1.29 is 4.74 Å². The maximum atomic E-state index is 6.45. The summed E-state index contributed by atoms with van der Waals surface area (Å²) in [7, 11) is 8.25. The highest BCUT2D eigenvalue weighted by Crippen LogP contribution is 2.32. The minimum absolute atomic E-state index is 0.104. The van der Waals surface area contributed by atoms with E-state index < -0.39 is 0 Å². The van der Waals surface area contributed by atoms with E-state index >= 15 is 0 Å². The molecule has 0 aliphatic rings. The molecule has 0 aromatic heterocycles. The van der Waals surface area contributed by atoms with Crippen LogP contribution in [-0.4, -0.2) is 28.2 Å². The molecule has 0 heterocycles. The molecular formula is C25H30N2O. The Hall–Kier alpha value is -2.78. The molecule has 0 amide bonds. The minimum Gasteiger partial charge on any atom is -0.378 e. The summed E-state index contributed by atoms with van der Waals surface area (Å²) in [4.78, 5) is 4.24. The third-order valence-electron chi connectivity index (χ3n) is 5.02. The fraction of sp³-hybridized carbons (Fsp3) is 0.280. The standard InChI is InChI=1S/C25H30N2O/c1-19-17-23(27(4)5)15-16-24(19)25(28-18-20-9-7-6-8-10-20)21-11-13-22(14-12-21)26(2)3/h6-17,25H,18H2,1-5H3. The fourth-order valence-electron chi connectivity index (χ4n) is 3.30. The molecule has 3 nitrogen and oxygen atoms in total. The summed E-state index contributed by atoms with van der Waals surface area (Å²) in [5.41, 5.74) is 7.18. The molecule has 3 rings (SSSR count). The van der Waals surface area contributed by atoms with Crippen LogP contribution < -0.4 is 9.80 Å². The zero-order valence-corrected chi connectivity index (χ0v) is 17.5. The van der Waals surface area contributed by atoms with E-state index in [-0.39, 0.29) is 6.10 Å². The van der Waals surface area contributed by atoms with Gasteiger partial charge in [0.1, 0.15) is 6.10 Å². The molecule has 0 fully saturated rings. The molecule has 0 radical (unpaired) electrons. The molecular weight excluding hydrogens is 344 g/mol. The lowest BCUT2D eigenvalue weighted by Gasteiger charge is -2.23. The van der Waals surface area contributed by atoms with E-state index in [1.807, 2.05) is 6.07 Å². The Labute approximate surface area is 169 Å². The number of rotatable bonds is 7. The molecule has 28 heavy (non-hydrogen) atoms. The number of ether oxygens (including phenoxy) is 1. The molecule has 0 saturated carbocycles. The third kappa shape index (κ3) is 4.73. The average molecular weight is 375 g/mol. The van der Waals surface area contributed by atoms with Crippen molar-refractivity contribution in [3.05, 3.63) is 95.1 Å².